The lowest BCUT2D eigenvalue weighted by atomic mass is 9.79. The summed E-state index contributed by atoms with van der Waals surface area (Å²) in [5.74, 6) is 1.47. The maximum atomic E-state index is 6.41. The van der Waals surface area contributed by atoms with Crippen LogP contribution in [0, 0.1) is 0 Å². The zero-order valence-electron chi connectivity index (χ0n) is 53.2. The van der Waals surface area contributed by atoms with Crippen LogP contribution in [0.4, 0.5) is 0 Å². The molecule has 0 saturated heterocycles. The molecule has 22 rings (SSSR count). The molecule has 0 atom stereocenters. The monoisotopic (exact) mass is 1280 g/mol. The predicted octanol–water partition coefficient (Wildman–Crippen LogP) is 25.8. The van der Waals surface area contributed by atoms with Crippen LogP contribution in [-0.4, -0.2) is 19.9 Å². The van der Waals surface area contributed by atoms with Crippen LogP contribution in [0.5, 0.6) is 0 Å². The van der Waals surface area contributed by atoms with Crippen molar-refractivity contribution in [3.8, 4) is 56.4 Å². The largest absolute Gasteiger partial charge is 0.455 e. The molecule has 7 heteroatoms. The molecular formula is C91H54N4OS2. The van der Waals surface area contributed by atoms with Crippen LogP contribution in [0.3, 0.4) is 0 Å². The Labute approximate surface area is 569 Å². The Bertz CT molecular complexity index is 7050. The average Bonchev–Trinajstić information content (AvgIpc) is 1.34. The van der Waals surface area contributed by atoms with Crippen molar-refractivity contribution in [1.29, 1.82) is 0 Å². The number of aromatic nitrogens is 4. The SMILES string of the molecule is CC1(C)c2ccccc2-c2ccc3c(ccc4ccc5cc(-c6nc(-c7cccc8c7sc7ccccc78)c7ccccc7n6)ccc5c43)c21.c1ccc2c(-c3cccc4c3sc3ccccc34)nc(-c3ccc4c(ccc5ccc6c(ccc7c8ccccc8oc76)c54)c3)nc2c1. The standard InChI is InChI=1S/C47H30N2S.C44H24N2OS/c1-47(2)39-15-6-3-10-31(39)34-25-24-33-35(43(34)47)23-20-27-18-19-28-26-29(21-22-30(28)42(27)33)46-48-40-16-7-4-12-37(40)44(49-46)38-14-9-13-36-32-11-5-8-17-41(32)50-45(36)38;1-4-13-37-35(10-1)41(36-12-7-11-34-30-9-3-6-15-39(30)48-43(34)36)46-44(45-37)27-19-20-28-26(24-27)17-16-25-18-21-33-31(40(25)28)22-23-32-29-8-2-5-14-38(29)47-42(32)33/h3-26H,1-2H3;1-24H. The maximum Gasteiger partial charge on any atom is 0.160 e. The van der Waals surface area contributed by atoms with Crippen molar-refractivity contribution in [3.05, 3.63) is 302 Å². The topological polar surface area (TPSA) is 64.7 Å². The molecule has 5 aromatic heterocycles. The molecule has 0 saturated carbocycles. The van der Waals surface area contributed by atoms with Crippen LogP contribution in [-0.2, 0) is 5.41 Å². The van der Waals surface area contributed by atoms with E-state index in [1.165, 1.54) is 116 Å². The van der Waals surface area contributed by atoms with Gasteiger partial charge in [-0.1, -0.05) is 250 Å². The van der Waals surface area contributed by atoms with Crippen molar-refractivity contribution in [3.63, 3.8) is 0 Å². The van der Waals surface area contributed by atoms with Crippen LogP contribution in [0.15, 0.2) is 296 Å². The third-order valence-electron chi connectivity index (χ3n) is 20.9. The van der Waals surface area contributed by atoms with Gasteiger partial charge in [0.2, 0.25) is 0 Å². The molecule has 0 fully saturated rings. The quantitative estimate of drug-likeness (QED) is 0.164. The highest BCUT2D eigenvalue weighted by Gasteiger charge is 2.37. The first-order valence-electron chi connectivity index (χ1n) is 33.4. The van der Waals surface area contributed by atoms with E-state index in [0.29, 0.717) is 0 Å². The molecule has 0 N–H and O–H groups in total. The zero-order chi connectivity index (χ0) is 64.5. The van der Waals surface area contributed by atoms with Crippen LogP contribution < -0.4 is 0 Å². The molecule has 5 nitrogen and oxygen atoms in total. The van der Waals surface area contributed by atoms with Crippen molar-refractivity contribution in [2.45, 2.75) is 19.3 Å². The molecule has 98 heavy (non-hydrogen) atoms. The molecule has 16 aromatic carbocycles. The zero-order valence-corrected chi connectivity index (χ0v) is 54.9. The number of fused-ring (bicyclic) bond motifs is 26. The van der Waals surface area contributed by atoms with Gasteiger partial charge in [-0.25, -0.2) is 19.9 Å². The van der Waals surface area contributed by atoms with E-state index >= 15 is 0 Å². The van der Waals surface area contributed by atoms with Gasteiger partial charge in [0.1, 0.15) is 11.2 Å². The van der Waals surface area contributed by atoms with E-state index in [-0.39, 0.29) is 5.41 Å². The van der Waals surface area contributed by atoms with Crippen molar-refractivity contribution in [2.24, 2.45) is 0 Å². The summed E-state index contributed by atoms with van der Waals surface area (Å²) in [6.07, 6.45) is 0. The van der Waals surface area contributed by atoms with Gasteiger partial charge in [0.15, 0.2) is 11.6 Å². The Morgan fingerprint density at radius 3 is 1.34 bits per heavy atom. The molecule has 1 aliphatic rings. The van der Waals surface area contributed by atoms with Gasteiger partial charge in [0.05, 0.1) is 22.4 Å². The van der Waals surface area contributed by atoms with E-state index < -0.39 is 0 Å². The molecule has 21 aromatic rings. The van der Waals surface area contributed by atoms with E-state index in [4.69, 9.17) is 24.4 Å². The molecule has 1 aliphatic carbocycles. The molecule has 456 valence electrons. The summed E-state index contributed by atoms with van der Waals surface area (Å²) in [5, 5.41) is 24.3. The summed E-state index contributed by atoms with van der Waals surface area (Å²) in [6, 6.07) is 105. The summed E-state index contributed by atoms with van der Waals surface area (Å²) in [5.41, 5.74) is 15.5. The number of hydrogen-bond donors (Lipinski definition) is 0. The highest BCUT2D eigenvalue weighted by molar-refractivity contribution is 7.26. The summed E-state index contributed by atoms with van der Waals surface area (Å²) in [7, 11) is 0. The Balaban J connectivity index is 0.000000129. The summed E-state index contributed by atoms with van der Waals surface area (Å²) in [6.45, 7) is 4.74. The van der Waals surface area contributed by atoms with Gasteiger partial charge in [0.25, 0.3) is 0 Å². The molecule has 0 radical (unpaired) electrons. The van der Waals surface area contributed by atoms with Crippen molar-refractivity contribution in [2.75, 3.05) is 0 Å². The van der Waals surface area contributed by atoms with E-state index in [1.54, 1.807) is 0 Å². The second kappa shape index (κ2) is 21.0. The second-order valence-electron chi connectivity index (χ2n) is 26.6. The minimum Gasteiger partial charge on any atom is -0.455 e. The van der Waals surface area contributed by atoms with Gasteiger partial charge < -0.3 is 4.42 Å². The van der Waals surface area contributed by atoms with Gasteiger partial charge in [-0.05, 0) is 136 Å². The van der Waals surface area contributed by atoms with Gasteiger partial charge in [-0.3, -0.25) is 0 Å². The number of benzene rings is 16. The fourth-order valence-electron chi connectivity index (χ4n) is 16.4. The Kier molecular flexibility index (Phi) is 11.8. The molecule has 0 bridgehead atoms. The number of nitrogens with zero attached hydrogens (tertiary/aromatic N) is 4. The third-order valence-corrected chi connectivity index (χ3v) is 23.3. The molecule has 0 aliphatic heterocycles. The average molecular weight is 1280 g/mol. The van der Waals surface area contributed by atoms with Crippen LogP contribution >= 0.6 is 22.7 Å². The number of furan rings is 1. The smallest absolute Gasteiger partial charge is 0.160 e. The molecule has 5 heterocycles. The lowest BCUT2D eigenvalue weighted by Gasteiger charge is -2.23. The maximum absolute atomic E-state index is 6.41. The highest BCUT2D eigenvalue weighted by atomic mass is 32.1. The number of rotatable bonds is 4. The summed E-state index contributed by atoms with van der Waals surface area (Å²) in [4.78, 5) is 20.9. The van der Waals surface area contributed by atoms with E-state index in [0.717, 1.165) is 99.8 Å². The Morgan fingerprint density at radius 2 is 0.724 bits per heavy atom. The van der Waals surface area contributed by atoms with E-state index in [9.17, 15) is 0 Å². The number of thiophene rings is 2. The van der Waals surface area contributed by atoms with Crippen molar-refractivity contribution < 1.29 is 4.42 Å². The predicted molar refractivity (Wildman–Crippen MR) is 416 cm³/mol. The van der Waals surface area contributed by atoms with E-state index in [1.807, 2.05) is 34.8 Å². The van der Waals surface area contributed by atoms with Gasteiger partial charge >= 0.3 is 0 Å². The Hall–Kier alpha value is -12.0. The molecule has 0 unspecified atom stereocenters. The first-order chi connectivity index (χ1) is 48.3. The fourth-order valence-corrected chi connectivity index (χ4v) is 18.8. The van der Waals surface area contributed by atoms with Crippen LogP contribution in [0.1, 0.15) is 25.0 Å². The number of hydrogen-bond acceptors (Lipinski definition) is 7. The second-order valence-corrected chi connectivity index (χ2v) is 28.7. The lowest BCUT2D eigenvalue weighted by molar-refractivity contribution is 0.666. The first-order valence-corrected chi connectivity index (χ1v) is 35.0. The fraction of sp³-hybridized carbons (Fsp3) is 0.0330. The first kappa shape index (κ1) is 55.3. The third kappa shape index (κ3) is 8.18. The molecular weight excluding hydrogens is 1230 g/mol. The minimum absolute atomic E-state index is 0.0673. The lowest BCUT2D eigenvalue weighted by Crippen LogP contribution is -2.15. The summed E-state index contributed by atoms with van der Waals surface area (Å²) < 4.78 is 11.5. The van der Waals surface area contributed by atoms with Gasteiger partial charge in [0, 0.05) is 94.9 Å². The van der Waals surface area contributed by atoms with Crippen molar-refractivity contribution >= 4 is 171 Å². The van der Waals surface area contributed by atoms with Crippen LogP contribution in [0.25, 0.3) is 205 Å². The molecule has 0 amide bonds. The van der Waals surface area contributed by atoms with E-state index in [2.05, 4.69) is 293 Å². The van der Waals surface area contributed by atoms with Crippen molar-refractivity contribution in [1.82, 2.24) is 19.9 Å². The Morgan fingerprint density at radius 1 is 0.296 bits per heavy atom. The normalized spacial score (nSPS) is 12.9. The van der Waals surface area contributed by atoms with Gasteiger partial charge in [-0.15, -0.1) is 22.7 Å². The van der Waals surface area contributed by atoms with Gasteiger partial charge in [-0.2, -0.15) is 0 Å². The number of para-hydroxylation sites is 3. The van der Waals surface area contributed by atoms with Crippen LogP contribution in [0.2, 0.25) is 0 Å². The summed E-state index contributed by atoms with van der Waals surface area (Å²) >= 11 is 3.67. The highest BCUT2D eigenvalue weighted by Crippen LogP contribution is 2.53. The molecule has 0 spiro atoms. The minimum atomic E-state index is -0.0673.